The monoisotopic (exact) mass is 328 g/mol. The highest BCUT2D eigenvalue weighted by molar-refractivity contribution is 5.95. The van der Waals surface area contributed by atoms with E-state index in [2.05, 4.69) is 28.5 Å². The van der Waals surface area contributed by atoms with Gasteiger partial charge >= 0.3 is 5.97 Å². The van der Waals surface area contributed by atoms with Crippen molar-refractivity contribution in [3.05, 3.63) is 41.6 Å². The number of carboxylic acids is 1. The molecule has 1 aliphatic heterocycles. The van der Waals surface area contributed by atoms with Crippen LogP contribution < -0.4 is 0 Å². The number of aromatic nitrogens is 1. The molecule has 1 aliphatic rings. The molecule has 2 heterocycles. The quantitative estimate of drug-likeness (QED) is 0.829. The molecule has 1 fully saturated rings. The Morgan fingerprint density at radius 2 is 2.00 bits per heavy atom. The molecule has 0 bridgehead atoms. The van der Waals surface area contributed by atoms with E-state index < -0.39 is 5.97 Å². The van der Waals surface area contributed by atoms with Crippen LogP contribution in [0.5, 0.6) is 0 Å². The van der Waals surface area contributed by atoms with Gasteiger partial charge in [-0.25, -0.2) is 4.79 Å². The number of ether oxygens (including phenoxy) is 1. The van der Waals surface area contributed by atoms with Crippen molar-refractivity contribution in [2.24, 2.45) is 0 Å². The van der Waals surface area contributed by atoms with Crippen LogP contribution in [0.4, 0.5) is 0 Å². The average molecular weight is 328 g/mol. The first kappa shape index (κ1) is 16.7. The van der Waals surface area contributed by atoms with Crippen LogP contribution in [0.3, 0.4) is 0 Å². The molecule has 5 nitrogen and oxygen atoms in total. The maximum Gasteiger partial charge on any atom is 0.328 e. The maximum absolute atomic E-state index is 10.9. The molecule has 5 heteroatoms. The van der Waals surface area contributed by atoms with Gasteiger partial charge in [0.25, 0.3) is 0 Å². The highest BCUT2D eigenvalue weighted by atomic mass is 16.5. The number of para-hydroxylation sites is 1. The van der Waals surface area contributed by atoms with E-state index in [-0.39, 0.29) is 0 Å². The van der Waals surface area contributed by atoms with E-state index in [9.17, 15) is 4.79 Å². The second-order valence-corrected chi connectivity index (χ2v) is 6.15. The average Bonchev–Trinajstić information content (AvgIpc) is 2.86. The molecule has 2 aromatic rings. The second kappa shape index (κ2) is 7.64. The zero-order valence-electron chi connectivity index (χ0n) is 14.1. The van der Waals surface area contributed by atoms with E-state index >= 15 is 0 Å². The molecule has 1 aromatic heterocycles. The van der Waals surface area contributed by atoms with Crippen LogP contribution in [-0.2, 0) is 16.1 Å². The minimum absolute atomic E-state index is 0.829. The smallest absolute Gasteiger partial charge is 0.328 e. The van der Waals surface area contributed by atoms with Crippen molar-refractivity contribution < 1.29 is 14.6 Å². The van der Waals surface area contributed by atoms with Gasteiger partial charge in [0, 0.05) is 54.4 Å². The number of aryl methyl sites for hydroxylation is 1. The maximum atomic E-state index is 10.9. The largest absolute Gasteiger partial charge is 0.478 e. The molecule has 0 aliphatic carbocycles. The number of fused-ring (bicyclic) bond motifs is 1. The third-order valence-corrected chi connectivity index (χ3v) is 4.63. The fraction of sp³-hybridized carbons (Fsp3) is 0.421. The molecule has 1 aromatic carbocycles. The molecule has 0 radical (unpaired) electrons. The Bertz CT molecular complexity index is 742. The van der Waals surface area contributed by atoms with Gasteiger partial charge in [0.2, 0.25) is 0 Å². The van der Waals surface area contributed by atoms with Crippen LogP contribution in [-0.4, -0.2) is 53.4 Å². The van der Waals surface area contributed by atoms with Gasteiger partial charge in [-0.1, -0.05) is 18.2 Å². The van der Waals surface area contributed by atoms with E-state index in [1.54, 1.807) is 6.08 Å². The Kier molecular flexibility index (Phi) is 5.33. The van der Waals surface area contributed by atoms with E-state index in [0.29, 0.717) is 0 Å². The van der Waals surface area contributed by atoms with Crippen LogP contribution in [0.15, 0.2) is 30.3 Å². The highest BCUT2D eigenvalue weighted by Crippen LogP contribution is 2.27. The summed E-state index contributed by atoms with van der Waals surface area (Å²) < 4.78 is 7.69. The normalized spacial score (nSPS) is 16.2. The number of carboxylic acid groups (broad SMARTS) is 1. The molecule has 0 spiro atoms. The lowest BCUT2D eigenvalue weighted by Gasteiger charge is -2.26. The van der Waals surface area contributed by atoms with Crippen molar-refractivity contribution >= 4 is 22.9 Å². The number of aliphatic carboxylic acids is 1. The molecule has 24 heavy (non-hydrogen) atoms. The summed E-state index contributed by atoms with van der Waals surface area (Å²) >= 11 is 0. The molecule has 0 amide bonds. The van der Waals surface area contributed by atoms with Gasteiger partial charge in [-0.2, -0.15) is 0 Å². The SMILES string of the molecule is Cc1c(C=CC(=O)O)c2ccccc2n1CCCN1CCOCC1. The molecule has 1 saturated heterocycles. The topological polar surface area (TPSA) is 54.7 Å². The predicted molar refractivity (Wildman–Crippen MR) is 95.2 cm³/mol. The second-order valence-electron chi connectivity index (χ2n) is 6.15. The van der Waals surface area contributed by atoms with E-state index in [1.807, 2.05) is 12.1 Å². The fourth-order valence-electron chi connectivity index (χ4n) is 3.39. The summed E-state index contributed by atoms with van der Waals surface area (Å²) in [7, 11) is 0. The standard InChI is InChI=1S/C19H24N2O3/c1-15-16(7-8-19(22)23)17-5-2-3-6-18(17)21(15)10-4-9-20-11-13-24-14-12-20/h2-3,5-8H,4,9-14H2,1H3,(H,22,23). The third kappa shape index (κ3) is 3.68. The highest BCUT2D eigenvalue weighted by Gasteiger charge is 2.13. The number of morpholine rings is 1. The zero-order chi connectivity index (χ0) is 16.9. The van der Waals surface area contributed by atoms with Gasteiger partial charge in [-0.05, 0) is 25.5 Å². The van der Waals surface area contributed by atoms with E-state index in [1.165, 1.54) is 11.6 Å². The zero-order valence-corrected chi connectivity index (χ0v) is 14.1. The Hall–Kier alpha value is -2.11. The minimum Gasteiger partial charge on any atom is -0.478 e. The van der Waals surface area contributed by atoms with Crippen molar-refractivity contribution in [1.29, 1.82) is 0 Å². The summed E-state index contributed by atoms with van der Waals surface area (Å²) in [5.41, 5.74) is 3.29. The van der Waals surface area contributed by atoms with Gasteiger partial charge < -0.3 is 14.4 Å². The van der Waals surface area contributed by atoms with Gasteiger partial charge in [0.1, 0.15) is 0 Å². The lowest BCUT2D eigenvalue weighted by molar-refractivity contribution is -0.131. The van der Waals surface area contributed by atoms with Crippen LogP contribution in [0.1, 0.15) is 17.7 Å². The van der Waals surface area contributed by atoms with E-state index in [0.717, 1.165) is 62.5 Å². The summed E-state index contributed by atoms with van der Waals surface area (Å²) in [6.07, 6.45) is 3.99. The first-order valence-corrected chi connectivity index (χ1v) is 8.46. The molecule has 0 atom stereocenters. The first-order chi connectivity index (χ1) is 11.7. The number of hydrogen-bond donors (Lipinski definition) is 1. The Labute approximate surface area is 142 Å². The lowest BCUT2D eigenvalue weighted by atomic mass is 10.1. The first-order valence-electron chi connectivity index (χ1n) is 8.46. The lowest BCUT2D eigenvalue weighted by Crippen LogP contribution is -2.37. The molecule has 128 valence electrons. The van der Waals surface area contributed by atoms with Gasteiger partial charge in [-0.3, -0.25) is 4.90 Å². The molecular formula is C19H24N2O3. The van der Waals surface area contributed by atoms with E-state index in [4.69, 9.17) is 9.84 Å². The number of nitrogens with zero attached hydrogens (tertiary/aromatic N) is 2. The van der Waals surface area contributed by atoms with Crippen LogP contribution >= 0.6 is 0 Å². The minimum atomic E-state index is -0.918. The molecule has 0 saturated carbocycles. The van der Waals surface area contributed by atoms with Gasteiger partial charge in [0.15, 0.2) is 0 Å². The summed E-state index contributed by atoms with van der Waals surface area (Å²) in [6.45, 7) is 7.75. The van der Waals surface area contributed by atoms with Crippen molar-refractivity contribution in [2.45, 2.75) is 19.9 Å². The molecule has 1 N–H and O–H groups in total. The summed E-state index contributed by atoms with van der Waals surface area (Å²) in [6, 6.07) is 8.19. The van der Waals surface area contributed by atoms with Gasteiger partial charge in [0.05, 0.1) is 13.2 Å². The van der Waals surface area contributed by atoms with Crippen molar-refractivity contribution in [2.75, 3.05) is 32.8 Å². The predicted octanol–water partition coefficient (Wildman–Crippen LogP) is 2.77. The third-order valence-electron chi connectivity index (χ3n) is 4.63. The Balaban J connectivity index is 1.79. The number of rotatable bonds is 6. The summed E-state index contributed by atoms with van der Waals surface area (Å²) in [4.78, 5) is 13.3. The molecular weight excluding hydrogens is 304 g/mol. The van der Waals surface area contributed by atoms with Gasteiger partial charge in [-0.15, -0.1) is 0 Å². The Morgan fingerprint density at radius 1 is 1.25 bits per heavy atom. The summed E-state index contributed by atoms with van der Waals surface area (Å²) in [5.74, 6) is -0.918. The van der Waals surface area contributed by atoms with Crippen LogP contribution in [0, 0.1) is 6.92 Å². The summed E-state index contributed by atoms with van der Waals surface area (Å²) in [5, 5.41) is 10.0. The molecule has 3 rings (SSSR count). The van der Waals surface area contributed by atoms with Crippen LogP contribution in [0.2, 0.25) is 0 Å². The number of carbonyl (C=O) groups is 1. The number of hydrogen-bond acceptors (Lipinski definition) is 3. The molecule has 0 unspecified atom stereocenters. The van der Waals surface area contributed by atoms with Crippen molar-refractivity contribution in [1.82, 2.24) is 9.47 Å². The fourth-order valence-corrected chi connectivity index (χ4v) is 3.39. The van der Waals surface area contributed by atoms with Crippen LogP contribution in [0.25, 0.3) is 17.0 Å². The van der Waals surface area contributed by atoms with Crippen molar-refractivity contribution in [3.8, 4) is 0 Å². The Morgan fingerprint density at radius 3 is 2.75 bits per heavy atom. The van der Waals surface area contributed by atoms with Crippen molar-refractivity contribution in [3.63, 3.8) is 0 Å². The number of benzene rings is 1.